The van der Waals surface area contributed by atoms with Crippen molar-refractivity contribution in [2.75, 3.05) is 45.2 Å². The van der Waals surface area contributed by atoms with E-state index in [2.05, 4.69) is 10.4 Å². The molecule has 1 spiro atoms. The van der Waals surface area contributed by atoms with E-state index in [0.29, 0.717) is 13.1 Å². The molecule has 10 nitrogen and oxygen atoms in total. The lowest BCUT2D eigenvalue weighted by Crippen LogP contribution is -2.68. The van der Waals surface area contributed by atoms with E-state index in [9.17, 15) is 22.8 Å². The molecule has 0 bridgehead atoms. The van der Waals surface area contributed by atoms with E-state index >= 15 is 0 Å². The number of carbonyl (C=O) groups excluding carboxylic acids is 2. The number of nitrogens with zero attached hydrogens (tertiary/aromatic N) is 5. The molecule has 13 heteroatoms. The van der Waals surface area contributed by atoms with Crippen molar-refractivity contribution in [2.45, 2.75) is 18.1 Å². The van der Waals surface area contributed by atoms with Crippen LogP contribution >= 0.6 is 0 Å². The van der Waals surface area contributed by atoms with Gasteiger partial charge in [-0.15, -0.1) is 0 Å². The van der Waals surface area contributed by atoms with E-state index in [1.807, 2.05) is 13.2 Å². The van der Waals surface area contributed by atoms with Crippen molar-refractivity contribution in [1.82, 2.24) is 24.9 Å². The third-order valence-corrected chi connectivity index (χ3v) is 4.70. The maximum Gasteiger partial charge on any atom is 0.490 e. The van der Waals surface area contributed by atoms with Gasteiger partial charge in [0.15, 0.2) is 0 Å². The molecule has 3 heterocycles. The Morgan fingerprint density at radius 3 is 2.38 bits per heavy atom. The van der Waals surface area contributed by atoms with E-state index in [1.54, 1.807) is 34.8 Å². The molecule has 29 heavy (non-hydrogen) atoms. The second-order valence-electron chi connectivity index (χ2n) is 7.07. The van der Waals surface area contributed by atoms with Crippen LogP contribution in [0.5, 0.6) is 0 Å². The van der Waals surface area contributed by atoms with Crippen LogP contribution in [-0.2, 0) is 16.6 Å². The molecule has 0 saturated carbocycles. The molecule has 1 aromatic heterocycles. The number of alkyl halides is 3. The number of hydrogen-bond donors (Lipinski definition) is 2. The zero-order chi connectivity index (χ0) is 22.0. The summed E-state index contributed by atoms with van der Waals surface area (Å²) in [5, 5.41) is 14.6. The minimum Gasteiger partial charge on any atom is -0.475 e. The molecule has 162 valence electrons. The van der Waals surface area contributed by atoms with Gasteiger partial charge in [0.1, 0.15) is 6.54 Å². The number of urea groups is 1. The maximum absolute atomic E-state index is 12.5. The van der Waals surface area contributed by atoms with Crippen LogP contribution in [0.2, 0.25) is 0 Å². The van der Waals surface area contributed by atoms with Gasteiger partial charge in [0.2, 0.25) is 5.91 Å². The standard InChI is InChI=1S/C14H22N6O2.C2HF3O2/c1-17(2)13(22)20-8-12(21)19(11-6-16-18(3)7-11)10-14(20)4-5-15-9-14;3-2(4,5)1(6)7/h6-7,15H,4-5,8-10H2,1-3H3;(H,6,7). The van der Waals surface area contributed by atoms with Crippen molar-refractivity contribution >= 4 is 23.6 Å². The number of aliphatic carboxylic acids is 1. The average Bonchev–Trinajstić information content (AvgIpc) is 3.25. The molecule has 2 aliphatic heterocycles. The summed E-state index contributed by atoms with van der Waals surface area (Å²) in [7, 11) is 5.26. The maximum atomic E-state index is 12.5. The molecule has 2 fully saturated rings. The summed E-state index contributed by atoms with van der Waals surface area (Å²) in [5.74, 6) is -2.83. The number of rotatable bonds is 1. The number of carboxylic acid groups (broad SMARTS) is 1. The summed E-state index contributed by atoms with van der Waals surface area (Å²) >= 11 is 0. The molecule has 0 radical (unpaired) electrons. The van der Waals surface area contributed by atoms with Gasteiger partial charge in [-0.1, -0.05) is 0 Å². The first kappa shape index (κ1) is 22.5. The first-order valence-electron chi connectivity index (χ1n) is 8.66. The molecule has 2 saturated heterocycles. The number of aromatic nitrogens is 2. The Hall–Kier alpha value is -2.83. The molecule has 3 amide bonds. The highest BCUT2D eigenvalue weighted by molar-refractivity contribution is 5.98. The SMILES string of the molecule is CN(C)C(=O)N1CC(=O)N(c2cnn(C)c2)CC12CCNC2.O=C(O)C(F)(F)F. The zero-order valence-corrected chi connectivity index (χ0v) is 16.2. The van der Waals surface area contributed by atoms with Crippen LogP contribution in [0.1, 0.15) is 6.42 Å². The van der Waals surface area contributed by atoms with Crippen LogP contribution in [0.15, 0.2) is 12.4 Å². The highest BCUT2D eigenvalue weighted by Gasteiger charge is 2.49. The summed E-state index contributed by atoms with van der Waals surface area (Å²) in [6, 6.07) is -0.108. The van der Waals surface area contributed by atoms with Crippen LogP contribution < -0.4 is 10.2 Å². The van der Waals surface area contributed by atoms with Gasteiger partial charge >= 0.3 is 18.2 Å². The van der Waals surface area contributed by atoms with Crippen LogP contribution in [0.3, 0.4) is 0 Å². The van der Waals surface area contributed by atoms with Gasteiger partial charge < -0.3 is 25.1 Å². The van der Waals surface area contributed by atoms with Crippen LogP contribution in [0.25, 0.3) is 0 Å². The Labute approximate surface area is 164 Å². The Morgan fingerprint density at radius 2 is 1.97 bits per heavy atom. The second-order valence-corrected chi connectivity index (χ2v) is 7.07. The quantitative estimate of drug-likeness (QED) is 0.668. The fraction of sp³-hybridized carbons (Fsp3) is 0.625. The van der Waals surface area contributed by atoms with Gasteiger partial charge in [0.25, 0.3) is 0 Å². The van der Waals surface area contributed by atoms with E-state index in [1.165, 1.54) is 4.90 Å². The second kappa shape index (κ2) is 8.27. The summed E-state index contributed by atoms with van der Waals surface area (Å²) in [4.78, 5) is 38.9. The highest BCUT2D eigenvalue weighted by Crippen LogP contribution is 2.31. The lowest BCUT2D eigenvalue weighted by atomic mass is 9.92. The third-order valence-electron chi connectivity index (χ3n) is 4.70. The highest BCUT2D eigenvalue weighted by atomic mass is 19.4. The number of carbonyl (C=O) groups is 3. The Morgan fingerprint density at radius 1 is 1.34 bits per heavy atom. The largest absolute Gasteiger partial charge is 0.490 e. The van der Waals surface area contributed by atoms with Gasteiger partial charge in [-0.05, 0) is 13.0 Å². The van der Waals surface area contributed by atoms with Crippen LogP contribution in [-0.4, -0.2) is 94.6 Å². The number of aryl methyl sites for hydroxylation is 1. The fourth-order valence-corrected chi connectivity index (χ4v) is 3.25. The first-order chi connectivity index (χ1) is 13.4. The lowest BCUT2D eigenvalue weighted by Gasteiger charge is -2.48. The van der Waals surface area contributed by atoms with E-state index in [-0.39, 0.29) is 24.0 Å². The molecule has 1 atom stereocenters. The van der Waals surface area contributed by atoms with Crippen LogP contribution in [0.4, 0.5) is 23.7 Å². The molecule has 2 N–H and O–H groups in total. The molecule has 0 aliphatic carbocycles. The fourth-order valence-electron chi connectivity index (χ4n) is 3.25. The van der Waals surface area contributed by atoms with Gasteiger partial charge in [0.05, 0.1) is 24.0 Å². The van der Waals surface area contributed by atoms with Crippen molar-refractivity contribution in [3.05, 3.63) is 12.4 Å². The molecular weight excluding hydrogens is 397 g/mol. The molecule has 0 aromatic carbocycles. The number of piperazine rings is 1. The number of hydrogen-bond acceptors (Lipinski definition) is 5. The predicted octanol–water partition coefficient (Wildman–Crippen LogP) is 0.116. The Bertz CT molecular complexity index is 773. The van der Waals surface area contributed by atoms with E-state index < -0.39 is 12.1 Å². The summed E-state index contributed by atoms with van der Waals surface area (Å²) in [6.45, 7) is 2.17. The molecular formula is C16H23F3N6O4. The summed E-state index contributed by atoms with van der Waals surface area (Å²) in [5.41, 5.74) is 0.446. The van der Waals surface area contributed by atoms with Crippen LogP contribution in [0, 0.1) is 0 Å². The number of anilines is 1. The van der Waals surface area contributed by atoms with E-state index in [0.717, 1.165) is 18.7 Å². The molecule has 1 unspecified atom stereocenters. The molecule has 1 aromatic rings. The monoisotopic (exact) mass is 420 g/mol. The lowest BCUT2D eigenvalue weighted by molar-refractivity contribution is -0.192. The number of nitrogens with one attached hydrogen (secondary N) is 1. The number of carboxylic acids is 1. The smallest absolute Gasteiger partial charge is 0.475 e. The topological polar surface area (TPSA) is 111 Å². The zero-order valence-electron chi connectivity index (χ0n) is 16.2. The van der Waals surface area contributed by atoms with Crippen molar-refractivity contribution in [3.63, 3.8) is 0 Å². The number of amides is 3. The average molecular weight is 420 g/mol. The van der Waals surface area contributed by atoms with Crippen molar-refractivity contribution in [3.8, 4) is 0 Å². The summed E-state index contributed by atoms with van der Waals surface area (Å²) in [6.07, 6.45) is -0.717. The molecule has 3 rings (SSSR count). The Balaban J connectivity index is 0.000000370. The van der Waals surface area contributed by atoms with Crippen molar-refractivity contribution < 1.29 is 32.7 Å². The minimum atomic E-state index is -5.08. The Kier molecular flexibility index (Phi) is 6.40. The first-order valence-corrected chi connectivity index (χ1v) is 8.66. The minimum absolute atomic E-state index is 0.0688. The molecule has 2 aliphatic rings. The normalized spacial score (nSPS) is 21.8. The summed E-state index contributed by atoms with van der Waals surface area (Å²) < 4.78 is 33.4. The van der Waals surface area contributed by atoms with E-state index in [4.69, 9.17) is 9.90 Å². The van der Waals surface area contributed by atoms with Crippen molar-refractivity contribution in [1.29, 1.82) is 0 Å². The third kappa shape index (κ3) is 4.96. The van der Waals surface area contributed by atoms with Gasteiger partial charge in [-0.2, -0.15) is 18.3 Å². The number of halogens is 3. The van der Waals surface area contributed by atoms with Gasteiger partial charge in [-0.3, -0.25) is 9.48 Å². The van der Waals surface area contributed by atoms with Gasteiger partial charge in [-0.25, -0.2) is 9.59 Å². The van der Waals surface area contributed by atoms with Crippen molar-refractivity contribution in [2.24, 2.45) is 7.05 Å². The van der Waals surface area contributed by atoms with Gasteiger partial charge in [0, 0.05) is 33.9 Å². The predicted molar refractivity (Wildman–Crippen MR) is 95.3 cm³/mol.